The van der Waals surface area contributed by atoms with Crippen LogP contribution in [-0.4, -0.2) is 35.4 Å². The van der Waals surface area contributed by atoms with Gasteiger partial charge in [0.1, 0.15) is 0 Å². The summed E-state index contributed by atoms with van der Waals surface area (Å²) in [6.45, 7) is 0. The van der Waals surface area contributed by atoms with Crippen LogP contribution in [0.4, 0.5) is 0 Å². The molecule has 3 rings (SSSR count). The third-order valence-electron chi connectivity index (χ3n) is 3.46. The Balaban J connectivity index is 1.71. The summed E-state index contributed by atoms with van der Waals surface area (Å²) in [6.07, 6.45) is 5.26. The fraction of sp³-hybridized carbons (Fsp3) is 0.545. The Kier molecular flexibility index (Phi) is 2.91. The van der Waals surface area contributed by atoms with Crippen LogP contribution in [0.2, 0.25) is 0 Å². The Bertz CT molecular complexity index is 630. The molecule has 0 aliphatic carbocycles. The topological polar surface area (TPSA) is 77.5 Å². The number of hydrogen-bond donors (Lipinski definition) is 1. The number of rotatable bonds is 3. The maximum Gasteiger partial charge on any atom is 0.193 e. The van der Waals surface area contributed by atoms with Crippen LogP contribution >= 0.6 is 11.3 Å². The van der Waals surface area contributed by atoms with Crippen LogP contribution in [0.5, 0.6) is 0 Å². The fourth-order valence-electron chi connectivity index (χ4n) is 2.44. The van der Waals surface area contributed by atoms with Gasteiger partial charge in [0.25, 0.3) is 0 Å². The number of fused-ring (bicyclic) bond motifs is 1. The monoisotopic (exact) mass is 285 g/mol. The van der Waals surface area contributed by atoms with Gasteiger partial charge >= 0.3 is 0 Å². The van der Waals surface area contributed by atoms with Crippen molar-refractivity contribution in [2.75, 3.05) is 11.5 Å². The summed E-state index contributed by atoms with van der Waals surface area (Å²) >= 11 is 1.58. The van der Waals surface area contributed by atoms with Crippen molar-refractivity contribution in [2.45, 2.75) is 18.9 Å². The van der Waals surface area contributed by atoms with E-state index in [0.29, 0.717) is 12.8 Å². The van der Waals surface area contributed by atoms with Crippen LogP contribution in [0, 0.1) is 5.92 Å². The van der Waals surface area contributed by atoms with E-state index in [1.54, 1.807) is 11.3 Å². The van der Waals surface area contributed by atoms with Gasteiger partial charge in [-0.2, -0.15) is 0 Å². The van der Waals surface area contributed by atoms with Gasteiger partial charge in [0.2, 0.25) is 0 Å². The molecule has 18 heavy (non-hydrogen) atoms. The molecule has 2 N–H and O–H groups in total. The Morgan fingerprint density at radius 1 is 1.61 bits per heavy atom. The van der Waals surface area contributed by atoms with Crippen molar-refractivity contribution < 1.29 is 8.42 Å². The first-order chi connectivity index (χ1) is 8.53. The molecular formula is C11H15N3O2S2. The quantitative estimate of drug-likeness (QED) is 0.900. The standard InChI is InChI=1S/C11H15N3O2S2/c12-10(8-1-4-18(15,16)7-8)5-9-6-14-2-3-17-11(14)13-9/h2-3,6,8,10H,1,4-5,7,12H2. The van der Waals surface area contributed by atoms with Crippen LogP contribution in [0.1, 0.15) is 12.1 Å². The summed E-state index contributed by atoms with van der Waals surface area (Å²) in [7, 11) is -2.85. The molecule has 0 saturated carbocycles. The molecule has 2 aromatic heterocycles. The lowest BCUT2D eigenvalue weighted by atomic mass is 9.96. The third kappa shape index (κ3) is 2.30. The highest BCUT2D eigenvalue weighted by Crippen LogP contribution is 2.23. The summed E-state index contributed by atoms with van der Waals surface area (Å²) in [5.74, 6) is 0.592. The average Bonchev–Trinajstić information content (AvgIpc) is 2.91. The van der Waals surface area contributed by atoms with Gasteiger partial charge in [0.15, 0.2) is 14.8 Å². The van der Waals surface area contributed by atoms with E-state index in [2.05, 4.69) is 4.98 Å². The van der Waals surface area contributed by atoms with Crippen molar-refractivity contribution in [3.63, 3.8) is 0 Å². The molecule has 0 radical (unpaired) electrons. The number of thiazole rings is 1. The van der Waals surface area contributed by atoms with Crippen LogP contribution in [-0.2, 0) is 16.3 Å². The lowest BCUT2D eigenvalue weighted by Gasteiger charge is -2.16. The van der Waals surface area contributed by atoms with E-state index in [1.165, 1.54) is 0 Å². The molecule has 2 unspecified atom stereocenters. The number of hydrogen-bond acceptors (Lipinski definition) is 5. The van der Waals surface area contributed by atoms with Crippen molar-refractivity contribution in [1.82, 2.24) is 9.38 Å². The molecule has 2 atom stereocenters. The first-order valence-corrected chi connectivity index (χ1v) is 8.61. The zero-order chi connectivity index (χ0) is 12.8. The molecule has 0 aromatic carbocycles. The Labute approximate surface area is 110 Å². The van der Waals surface area contributed by atoms with E-state index in [1.807, 2.05) is 22.2 Å². The second-order valence-electron chi connectivity index (χ2n) is 4.86. The minimum Gasteiger partial charge on any atom is -0.327 e. The molecule has 2 aromatic rings. The largest absolute Gasteiger partial charge is 0.327 e. The normalized spacial score (nSPS) is 24.6. The van der Waals surface area contributed by atoms with Crippen molar-refractivity contribution in [1.29, 1.82) is 0 Å². The van der Waals surface area contributed by atoms with Gasteiger partial charge in [-0.1, -0.05) is 0 Å². The van der Waals surface area contributed by atoms with Gasteiger partial charge in [-0.15, -0.1) is 11.3 Å². The summed E-state index contributed by atoms with van der Waals surface area (Å²) in [4.78, 5) is 5.43. The van der Waals surface area contributed by atoms with Crippen LogP contribution < -0.4 is 5.73 Å². The van der Waals surface area contributed by atoms with Gasteiger partial charge in [-0.05, 0) is 12.3 Å². The lowest BCUT2D eigenvalue weighted by Crippen LogP contribution is -2.33. The van der Waals surface area contributed by atoms with Crippen LogP contribution in [0.3, 0.4) is 0 Å². The first-order valence-electron chi connectivity index (χ1n) is 5.90. The molecule has 7 heteroatoms. The van der Waals surface area contributed by atoms with Crippen molar-refractivity contribution in [2.24, 2.45) is 11.7 Å². The molecule has 3 heterocycles. The summed E-state index contributed by atoms with van der Waals surface area (Å²) in [5.41, 5.74) is 7.06. The van der Waals surface area contributed by atoms with Gasteiger partial charge < -0.3 is 5.73 Å². The van der Waals surface area contributed by atoms with Gasteiger partial charge in [-0.25, -0.2) is 13.4 Å². The van der Waals surface area contributed by atoms with E-state index in [9.17, 15) is 8.42 Å². The highest BCUT2D eigenvalue weighted by atomic mass is 32.2. The minimum atomic E-state index is -2.85. The van der Waals surface area contributed by atoms with Gasteiger partial charge in [0, 0.05) is 30.2 Å². The van der Waals surface area contributed by atoms with E-state index in [-0.39, 0.29) is 23.5 Å². The van der Waals surface area contributed by atoms with Crippen molar-refractivity contribution in [3.8, 4) is 0 Å². The predicted octanol–water partition coefficient (Wildman–Crippen LogP) is 0.700. The first kappa shape index (κ1) is 12.1. The van der Waals surface area contributed by atoms with E-state index < -0.39 is 9.84 Å². The van der Waals surface area contributed by atoms with E-state index in [4.69, 9.17) is 5.73 Å². The predicted molar refractivity (Wildman–Crippen MR) is 71.5 cm³/mol. The maximum absolute atomic E-state index is 11.4. The Morgan fingerprint density at radius 2 is 2.44 bits per heavy atom. The molecule has 5 nitrogen and oxygen atoms in total. The zero-order valence-electron chi connectivity index (χ0n) is 9.82. The second kappa shape index (κ2) is 4.32. The number of nitrogens with zero attached hydrogens (tertiary/aromatic N) is 2. The van der Waals surface area contributed by atoms with Crippen LogP contribution in [0.15, 0.2) is 17.8 Å². The number of imidazole rings is 1. The highest BCUT2D eigenvalue weighted by Gasteiger charge is 2.32. The SMILES string of the molecule is NC(Cc1cn2ccsc2n1)C1CCS(=O)(=O)C1. The van der Waals surface area contributed by atoms with E-state index in [0.717, 1.165) is 10.7 Å². The molecule has 0 bridgehead atoms. The molecule has 0 spiro atoms. The Morgan fingerprint density at radius 3 is 3.11 bits per heavy atom. The van der Waals surface area contributed by atoms with Crippen molar-refractivity contribution >= 4 is 26.1 Å². The summed E-state index contributed by atoms with van der Waals surface area (Å²) in [6, 6.07) is -0.119. The van der Waals surface area contributed by atoms with Gasteiger partial charge in [0.05, 0.1) is 17.2 Å². The fourth-order valence-corrected chi connectivity index (χ4v) is 5.06. The Hall–Kier alpha value is -0.920. The third-order valence-corrected chi connectivity index (χ3v) is 6.03. The summed E-state index contributed by atoms with van der Waals surface area (Å²) < 4.78 is 24.8. The van der Waals surface area contributed by atoms with Gasteiger partial charge in [-0.3, -0.25) is 4.40 Å². The lowest BCUT2D eigenvalue weighted by molar-refractivity contribution is 0.458. The molecule has 1 fully saturated rings. The zero-order valence-corrected chi connectivity index (χ0v) is 11.5. The van der Waals surface area contributed by atoms with E-state index >= 15 is 0 Å². The molecule has 0 amide bonds. The molecule has 1 saturated heterocycles. The molecular weight excluding hydrogens is 270 g/mol. The average molecular weight is 285 g/mol. The highest BCUT2D eigenvalue weighted by molar-refractivity contribution is 7.91. The molecule has 1 aliphatic heterocycles. The number of sulfone groups is 1. The molecule has 98 valence electrons. The summed E-state index contributed by atoms with van der Waals surface area (Å²) in [5, 5.41) is 1.98. The second-order valence-corrected chi connectivity index (χ2v) is 7.96. The smallest absolute Gasteiger partial charge is 0.193 e. The minimum absolute atomic E-state index is 0.0785. The molecule has 1 aliphatic rings. The number of aromatic nitrogens is 2. The maximum atomic E-state index is 11.4. The number of nitrogens with two attached hydrogens (primary N) is 1. The van der Waals surface area contributed by atoms with Crippen LogP contribution in [0.25, 0.3) is 4.96 Å². The van der Waals surface area contributed by atoms with Crippen molar-refractivity contribution in [3.05, 3.63) is 23.5 Å².